The van der Waals surface area contributed by atoms with E-state index < -0.39 is 12.2 Å². The predicted molar refractivity (Wildman–Crippen MR) is 107 cm³/mol. The van der Waals surface area contributed by atoms with Crippen LogP contribution in [-0.2, 0) is 14.3 Å². The summed E-state index contributed by atoms with van der Waals surface area (Å²) in [6, 6.07) is 16.5. The van der Waals surface area contributed by atoms with Crippen LogP contribution in [0.25, 0.3) is 10.9 Å². The Kier molecular flexibility index (Phi) is 4.72. The monoisotopic (exact) mass is 389 g/mol. The summed E-state index contributed by atoms with van der Waals surface area (Å²) in [7, 11) is 0. The zero-order chi connectivity index (χ0) is 20.5. The minimum atomic E-state index is -0.842. The number of ether oxygens (including phenoxy) is 2. The molecule has 3 aromatic rings. The largest absolute Gasteiger partial charge is 0.445 e. The van der Waals surface area contributed by atoms with Gasteiger partial charge in [-0.2, -0.15) is 5.01 Å². The van der Waals surface area contributed by atoms with E-state index in [-0.39, 0.29) is 5.91 Å². The van der Waals surface area contributed by atoms with Gasteiger partial charge >= 0.3 is 5.97 Å². The van der Waals surface area contributed by atoms with E-state index >= 15 is 0 Å². The van der Waals surface area contributed by atoms with Crippen molar-refractivity contribution in [2.75, 3.05) is 0 Å². The Morgan fingerprint density at radius 3 is 2.55 bits per heavy atom. The molecule has 2 heterocycles. The summed E-state index contributed by atoms with van der Waals surface area (Å²) in [5.74, 6) is -0.118. The van der Waals surface area contributed by atoms with Gasteiger partial charge in [-0.3, -0.25) is 14.6 Å². The molecule has 146 valence electrons. The molecule has 0 aliphatic carbocycles. The fourth-order valence-electron chi connectivity index (χ4n) is 3.29. The summed E-state index contributed by atoms with van der Waals surface area (Å²) in [4.78, 5) is 28.3. The van der Waals surface area contributed by atoms with Gasteiger partial charge in [0.15, 0.2) is 0 Å². The average Bonchev–Trinajstić information content (AvgIpc) is 3.12. The molecule has 0 saturated carbocycles. The van der Waals surface area contributed by atoms with Crippen LogP contribution in [0.5, 0.6) is 5.75 Å². The molecule has 1 aliphatic heterocycles. The summed E-state index contributed by atoms with van der Waals surface area (Å²) in [5, 5.41) is 6.56. The molecule has 7 heteroatoms. The van der Waals surface area contributed by atoms with Gasteiger partial charge in [-0.25, -0.2) is 0 Å². The minimum Gasteiger partial charge on any atom is -0.445 e. The summed E-state index contributed by atoms with van der Waals surface area (Å²) in [6.07, 6.45) is -0.842. The zero-order valence-electron chi connectivity index (χ0n) is 16.2. The molecular formula is C22H19N3O4. The number of benzene rings is 2. The van der Waals surface area contributed by atoms with Gasteiger partial charge in [-0.05, 0) is 31.2 Å². The molecule has 1 atom stereocenters. The molecule has 0 fully saturated rings. The van der Waals surface area contributed by atoms with Crippen molar-refractivity contribution in [1.29, 1.82) is 0 Å². The second kappa shape index (κ2) is 7.35. The number of fused-ring (bicyclic) bond motifs is 1. The van der Waals surface area contributed by atoms with Crippen LogP contribution in [0.3, 0.4) is 0 Å². The molecule has 1 amide bonds. The third kappa shape index (κ3) is 3.54. The Balaban J connectivity index is 1.80. The number of nitrogens with zero attached hydrogens (tertiary/aromatic N) is 3. The average molecular weight is 389 g/mol. The molecular weight excluding hydrogens is 370 g/mol. The Hall–Kier alpha value is -3.74. The first-order valence-electron chi connectivity index (χ1n) is 9.13. The lowest BCUT2D eigenvalue weighted by Crippen LogP contribution is -2.26. The van der Waals surface area contributed by atoms with Crippen molar-refractivity contribution >= 4 is 28.7 Å². The smallest absolute Gasteiger partial charge is 0.308 e. The number of rotatable bonds is 3. The maximum Gasteiger partial charge on any atom is 0.308 e. The van der Waals surface area contributed by atoms with E-state index in [0.29, 0.717) is 17.2 Å². The fourth-order valence-corrected chi connectivity index (χ4v) is 3.29. The zero-order valence-corrected chi connectivity index (χ0v) is 16.2. The summed E-state index contributed by atoms with van der Waals surface area (Å²) in [6.45, 7) is 4.62. The molecule has 1 aromatic heterocycles. The van der Waals surface area contributed by atoms with E-state index in [4.69, 9.17) is 9.47 Å². The molecule has 2 aromatic carbocycles. The van der Waals surface area contributed by atoms with Gasteiger partial charge in [-0.1, -0.05) is 30.3 Å². The van der Waals surface area contributed by atoms with Gasteiger partial charge < -0.3 is 9.47 Å². The Labute approximate surface area is 167 Å². The van der Waals surface area contributed by atoms with E-state index in [2.05, 4.69) is 10.1 Å². The van der Waals surface area contributed by atoms with Crippen molar-refractivity contribution < 1.29 is 19.1 Å². The van der Waals surface area contributed by atoms with Crippen LogP contribution in [-0.4, -0.2) is 27.8 Å². The number of pyridine rings is 1. The highest BCUT2D eigenvalue weighted by atomic mass is 16.5. The van der Waals surface area contributed by atoms with Crippen LogP contribution in [0.4, 0.5) is 0 Å². The molecule has 4 rings (SSSR count). The highest BCUT2D eigenvalue weighted by molar-refractivity contribution is 6.07. The highest BCUT2D eigenvalue weighted by Gasteiger charge is 2.35. The van der Waals surface area contributed by atoms with Crippen LogP contribution in [0, 0.1) is 6.92 Å². The number of aromatic nitrogens is 1. The lowest BCUT2D eigenvalue weighted by atomic mass is 10.1. The second-order valence-electron chi connectivity index (χ2n) is 6.70. The molecule has 0 radical (unpaired) electrons. The molecule has 0 spiro atoms. The van der Waals surface area contributed by atoms with E-state index in [1.54, 1.807) is 24.3 Å². The molecule has 0 N–H and O–H groups in total. The van der Waals surface area contributed by atoms with Crippen molar-refractivity contribution in [2.45, 2.75) is 27.0 Å². The van der Waals surface area contributed by atoms with E-state index in [9.17, 15) is 9.59 Å². The predicted octanol–water partition coefficient (Wildman–Crippen LogP) is 3.71. The molecule has 0 bridgehead atoms. The van der Waals surface area contributed by atoms with E-state index in [1.807, 2.05) is 37.3 Å². The van der Waals surface area contributed by atoms with Crippen LogP contribution >= 0.6 is 0 Å². The first kappa shape index (κ1) is 18.6. The van der Waals surface area contributed by atoms with Crippen LogP contribution in [0.2, 0.25) is 0 Å². The number of aryl methyl sites for hydroxylation is 1. The maximum absolute atomic E-state index is 12.3. The lowest BCUT2D eigenvalue weighted by Gasteiger charge is -2.21. The summed E-state index contributed by atoms with van der Waals surface area (Å²) >= 11 is 0. The van der Waals surface area contributed by atoms with Gasteiger partial charge in [0, 0.05) is 30.5 Å². The Morgan fingerprint density at radius 2 is 1.79 bits per heavy atom. The number of hydrogen-bond donors (Lipinski definition) is 0. The molecule has 7 nitrogen and oxygen atoms in total. The van der Waals surface area contributed by atoms with Crippen LogP contribution < -0.4 is 4.74 Å². The van der Waals surface area contributed by atoms with Gasteiger partial charge in [0.2, 0.25) is 18.0 Å². The number of amides is 1. The number of esters is 1. The minimum absolute atomic E-state index is 0.294. The Morgan fingerprint density at radius 1 is 1.07 bits per heavy atom. The third-order valence-electron chi connectivity index (χ3n) is 4.48. The molecule has 0 saturated heterocycles. The van der Waals surface area contributed by atoms with Gasteiger partial charge in [0.25, 0.3) is 0 Å². The number of carbonyl (C=O) groups excluding carboxylic acids is 2. The van der Waals surface area contributed by atoms with E-state index in [0.717, 1.165) is 22.2 Å². The second-order valence-corrected chi connectivity index (χ2v) is 6.70. The van der Waals surface area contributed by atoms with Crippen molar-refractivity contribution in [2.24, 2.45) is 5.10 Å². The molecule has 29 heavy (non-hydrogen) atoms. The van der Waals surface area contributed by atoms with Gasteiger partial charge in [0.1, 0.15) is 5.75 Å². The van der Waals surface area contributed by atoms with Crippen molar-refractivity contribution in [3.8, 4) is 5.75 Å². The number of carbonyl (C=O) groups is 2. The van der Waals surface area contributed by atoms with E-state index in [1.165, 1.54) is 18.9 Å². The maximum atomic E-state index is 12.3. The normalized spacial score (nSPS) is 15.8. The van der Waals surface area contributed by atoms with Crippen LogP contribution in [0.15, 0.2) is 59.7 Å². The van der Waals surface area contributed by atoms with Crippen molar-refractivity contribution in [3.05, 3.63) is 71.4 Å². The number of hydrogen-bond acceptors (Lipinski definition) is 6. The van der Waals surface area contributed by atoms with Gasteiger partial charge in [0.05, 0.1) is 11.1 Å². The number of para-hydroxylation sites is 2. The first-order valence-corrected chi connectivity index (χ1v) is 9.13. The standard InChI is InChI=1S/C22H19N3O4/c1-13-12-18(16-8-4-6-10-19(16)23-13)21-24-25(14(2)26)22(29-21)17-9-5-7-11-20(17)28-15(3)27/h4-12,22H,1-3H3/t22-/m1/s1. The summed E-state index contributed by atoms with van der Waals surface area (Å²) in [5.41, 5.74) is 2.90. The van der Waals surface area contributed by atoms with Crippen LogP contribution in [0.1, 0.15) is 36.9 Å². The van der Waals surface area contributed by atoms with Crippen molar-refractivity contribution in [3.63, 3.8) is 0 Å². The van der Waals surface area contributed by atoms with Crippen molar-refractivity contribution in [1.82, 2.24) is 9.99 Å². The van der Waals surface area contributed by atoms with Gasteiger partial charge in [-0.15, -0.1) is 5.10 Å². The SMILES string of the molecule is CC(=O)Oc1ccccc1[C@H]1OC(c2cc(C)nc3ccccc23)=NN1C(C)=O. The highest BCUT2D eigenvalue weighted by Crippen LogP contribution is 2.36. The third-order valence-corrected chi connectivity index (χ3v) is 4.48. The lowest BCUT2D eigenvalue weighted by molar-refractivity contribution is -0.135. The summed E-state index contributed by atoms with van der Waals surface area (Å²) < 4.78 is 11.4. The Bertz CT molecular complexity index is 1160. The fraction of sp³-hybridized carbons (Fsp3) is 0.182. The topological polar surface area (TPSA) is 81.1 Å². The number of hydrazone groups is 1. The molecule has 1 aliphatic rings. The molecule has 0 unspecified atom stereocenters. The quantitative estimate of drug-likeness (QED) is 0.504. The first-order chi connectivity index (χ1) is 13.9.